The normalized spacial score (nSPS) is 17.2. The van der Waals surface area contributed by atoms with E-state index in [1.54, 1.807) is 12.1 Å². The lowest BCUT2D eigenvalue weighted by atomic mass is 9.95. The van der Waals surface area contributed by atoms with Crippen molar-refractivity contribution in [2.45, 2.75) is 51.0 Å². The lowest BCUT2D eigenvalue weighted by Gasteiger charge is -2.30. The highest BCUT2D eigenvalue weighted by molar-refractivity contribution is 7.88. The highest BCUT2D eigenvalue weighted by Crippen LogP contribution is 2.37. The summed E-state index contributed by atoms with van der Waals surface area (Å²) in [6.07, 6.45) is 8.58. The van der Waals surface area contributed by atoms with E-state index < -0.39 is 16.0 Å². The Hall–Kier alpha value is -3.89. The first-order valence-corrected chi connectivity index (χ1v) is 16.8. The second-order valence-corrected chi connectivity index (χ2v) is 13.6. The summed E-state index contributed by atoms with van der Waals surface area (Å²) in [4.78, 5) is 16.5. The molecule has 10 heteroatoms. The van der Waals surface area contributed by atoms with E-state index in [9.17, 15) is 18.3 Å². The van der Waals surface area contributed by atoms with Crippen LogP contribution >= 0.6 is 0 Å². The van der Waals surface area contributed by atoms with Crippen LogP contribution in [-0.4, -0.2) is 59.3 Å². The van der Waals surface area contributed by atoms with Crippen LogP contribution in [0.1, 0.15) is 61.3 Å². The monoisotopic (exact) mass is 603 g/mol. The number of imidazole rings is 1. The van der Waals surface area contributed by atoms with Crippen LogP contribution < -0.4 is 9.47 Å². The van der Waals surface area contributed by atoms with Gasteiger partial charge in [-0.25, -0.2) is 22.5 Å². The number of fused-ring (bicyclic) bond motifs is 1. The second kappa shape index (κ2) is 12.4. The molecule has 0 spiro atoms. The molecular weight excluding hydrogens is 566 g/mol. The number of hydrogen-bond acceptors (Lipinski definition) is 6. The number of rotatable bonds is 9. The van der Waals surface area contributed by atoms with Gasteiger partial charge in [-0.2, -0.15) is 0 Å². The van der Waals surface area contributed by atoms with Crippen LogP contribution in [0.15, 0.2) is 66.7 Å². The Labute approximate surface area is 252 Å². The highest BCUT2D eigenvalue weighted by atomic mass is 32.2. The van der Waals surface area contributed by atoms with E-state index in [1.165, 1.54) is 29.8 Å². The average Bonchev–Trinajstić information content (AvgIpc) is 3.40. The van der Waals surface area contributed by atoms with E-state index in [0.29, 0.717) is 54.4 Å². The summed E-state index contributed by atoms with van der Waals surface area (Å²) in [7, 11) is -3.14. The molecule has 226 valence electrons. The van der Waals surface area contributed by atoms with E-state index in [-0.39, 0.29) is 5.56 Å². The van der Waals surface area contributed by atoms with Gasteiger partial charge in [0, 0.05) is 30.8 Å². The van der Waals surface area contributed by atoms with Crippen LogP contribution in [0.2, 0.25) is 0 Å². The van der Waals surface area contributed by atoms with Crippen molar-refractivity contribution in [3.63, 3.8) is 0 Å². The number of aromatic nitrogens is 2. The van der Waals surface area contributed by atoms with Gasteiger partial charge in [0.15, 0.2) is 0 Å². The van der Waals surface area contributed by atoms with Crippen molar-refractivity contribution in [3.8, 4) is 28.6 Å². The van der Waals surface area contributed by atoms with Gasteiger partial charge in [-0.15, -0.1) is 0 Å². The average molecular weight is 604 g/mol. The van der Waals surface area contributed by atoms with E-state index in [4.69, 9.17) is 14.5 Å². The van der Waals surface area contributed by atoms with Crippen LogP contribution in [0, 0.1) is 5.92 Å². The standard InChI is InChI=1S/C33H37N3O6S/c1-43(39,40)35-18-16-23(17-19-35)22-41-28-8-5-9-29(21-28)42-27-13-10-24(11-14-27)32-34-30-20-25(33(37)38)12-15-31(30)36(32)26-6-3-2-4-7-26/h5,8-15,20-21,23,26H,2-4,6-7,16-19,22H2,1H3,(H,37,38). The van der Waals surface area contributed by atoms with Gasteiger partial charge in [0.25, 0.3) is 0 Å². The minimum absolute atomic E-state index is 0.236. The van der Waals surface area contributed by atoms with Gasteiger partial charge in [0.1, 0.15) is 23.1 Å². The number of ether oxygens (including phenoxy) is 2. The molecule has 4 aromatic rings. The predicted octanol–water partition coefficient (Wildman–Crippen LogP) is 6.75. The van der Waals surface area contributed by atoms with E-state index >= 15 is 0 Å². The zero-order valence-corrected chi connectivity index (χ0v) is 25.1. The number of piperidine rings is 1. The number of nitrogens with zero attached hydrogens (tertiary/aromatic N) is 3. The van der Waals surface area contributed by atoms with Gasteiger partial charge in [0.2, 0.25) is 10.0 Å². The maximum atomic E-state index is 11.8. The molecule has 2 heterocycles. The largest absolute Gasteiger partial charge is 0.493 e. The van der Waals surface area contributed by atoms with Crippen molar-refractivity contribution < 1.29 is 27.8 Å². The molecule has 1 aliphatic heterocycles. The van der Waals surface area contributed by atoms with Gasteiger partial charge in [-0.05, 0) is 86.2 Å². The summed E-state index contributed by atoms with van der Waals surface area (Å²) in [6.45, 7) is 1.60. The molecule has 1 aliphatic carbocycles. The molecule has 1 N–H and O–H groups in total. The molecule has 0 atom stereocenters. The number of carboxylic acid groups (broad SMARTS) is 1. The van der Waals surface area contributed by atoms with E-state index in [0.717, 1.165) is 42.6 Å². The quantitative estimate of drug-likeness (QED) is 0.225. The van der Waals surface area contributed by atoms with Crippen LogP contribution in [0.5, 0.6) is 17.2 Å². The number of aromatic carboxylic acids is 1. The lowest BCUT2D eigenvalue weighted by molar-refractivity contribution is 0.0697. The first kappa shape index (κ1) is 29.2. The fourth-order valence-electron chi connectivity index (χ4n) is 6.20. The molecule has 43 heavy (non-hydrogen) atoms. The van der Waals surface area contributed by atoms with Crippen LogP contribution in [-0.2, 0) is 10.0 Å². The van der Waals surface area contributed by atoms with Crippen molar-refractivity contribution in [1.29, 1.82) is 0 Å². The van der Waals surface area contributed by atoms with Gasteiger partial charge in [0.05, 0.1) is 29.5 Å². The molecule has 1 saturated carbocycles. The highest BCUT2D eigenvalue weighted by Gasteiger charge is 2.26. The molecule has 0 bridgehead atoms. The van der Waals surface area contributed by atoms with Gasteiger partial charge in [-0.1, -0.05) is 25.3 Å². The van der Waals surface area contributed by atoms with Crippen molar-refractivity contribution in [3.05, 3.63) is 72.3 Å². The first-order chi connectivity index (χ1) is 20.7. The van der Waals surface area contributed by atoms with Crippen LogP contribution in [0.3, 0.4) is 0 Å². The summed E-state index contributed by atoms with van der Waals surface area (Å²) < 4.78 is 39.5. The van der Waals surface area contributed by atoms with E-state index in [1.807, 2.05) is 54.6 Å². The molecule has 9 nitrogen and oxygen atoms in total. The number of carboxylic acids is 1. The Bertz CT molecular complexity index is 1700. The Kier molecular flexibility index (Phi) is 8.41. The molecule has 3 aromatic carbocycles. The maximum Gasteiger partial charge on any atom is 0.335 e. The molecule has 1 saturated heterocycles. The molecule has 0 radical (unpaired) electrons. The zero-order valence-electron chi connectivity index (χ0n) is 24.3. The summed E-state index contributed by atoms with van der Waals surface area (Å²) in [5.41, 5.74) is 2.84. The Balaban J connectivity index is 1.15. The van der Waals surface area contributed by atoms with Crippen LogP contribution in [0.25, 0.3) is 22.4 Å². The zero-order chi connectivity index (χ0) is 30.0. The minimum atomic E-state index is -3.14. The molecular formula is C33H37N3O6S. The molecule has 1 aromatic heterocycles. The number of carbonyl (C=O) groups is 1. The Morgan fingerprint density at radius 2 is 1.63 bits per heavy atom. The van der Waals surface area contributed by atoms with Gasteiger partial charge in [-0.3, -0.25) is 0 Å². The molecule has 2 fully saturated rings. The van der Waals surface area contributed by atoms with E-state index in [2.05, 4.69) is 4.57 Å². The van der Waals surface area contributed by atoms with Crippen molar-refractivity contribution in [2.24, 2.45) is 5.92 Å². The van der Waals surface area contributed by atoms with Gasteiger partial charge < -0.3 is 19.1 Å². The van der Waals surface area contributed by atoms with Crippen molar-refractivity contribution in [1.82, 2.24) is 13.9 Å². The first-order valence-electron chi connectivity index (χ1n) is 15.0. The number of benzene rings is 3. The Morgan fingerprint density at radius 1 is 0.907 bits per heavy atom. The maximum absolute atomic E-state index is 11.8. The summed E-state index contributed by atoms with van der Waals surface area (Å²) in [6, 6.07) is 20.9. The third-order valence-corrected chi connectivity index (χ3v) is 9.86. The number of sulfonamides is 1. The Morgan fingerprint density at radius 3 is 2.33 bits per heavy atom. The minimum Gasteiger partial charge on any atom is -0.493 e. The summed E-state index contributed by atoms with van der Waals surface area (Å²) in [5.74, 6) is 2.25. The van der Waals surface area contributed by atoms with Crippen LogP contribution in [0.4, 0.5) is 0 Å². The molecule has 6 rings (SSSR count). The molecule has 0 unspecified atom stereocenters. The fraction of sp³-hybridized carbons (Fsp3) is 0.394. The van der Waals surface area contributed by atoms with Crippen molar-refractivity contribution >= 4 is 27.0 Å². The molecule has 2 aliphatic rings. The lowest BCUT2D eigenvalue weighted by Crippen LogP contribution is -2.39. The van der Waals surface area contributed by atoms with Crippen molar-refractivity contribution in [2.75, 3.05) is 26.0 Å². The van der Waals surface area contributed by atoms with Gasteiger partial charge >= 0.3 is 5.97 Å². The fourth-order valence-corrected chi connectivity index (χ4v) is 7.08. The predicted molar refractivity (Wildman–Crippen MR) is 165 cm³/mol. The third-order valence-electron chi connectivity index (χ3n) is 8.56. The second-order valence-electron chi connectivity index (χ2n) is 11.6. The SMILES string of the molecule is CS(=O)(=O)N1CCC(COc2cccc(Oc3ccc(-c4nc5cc(C(=O)O)ccc5n4C4CCCCC4)cc3)c2)CC1. The third kappa shape index (κ3) is 6.70. The smallest absolute Gasteiger partial charge is 0.335 e. The topological polar surface area (TPSA) is 111 Å². The number of hydrogen-bond donors (Lipinski definition) is 1. The summed E-state index contributed by atoms with van der Waals surface area (Å²) in [5, 5.41) is 9.50. The molecule has 0 amide bonds. The summed E-state index contributed by atoms with van der Waals surface area (Å²) >= 11 is 0.